The molecule has 0 aliphatic heterocycles. The Morgan fingerprint density at radius 2 is 2.00 bits per heavy atom. The zero-order chi connectivity index (χ0) is 13.7. The highest BCUT2D eigenvalue weighted by Crippen LogP contribution is 2.13. The van der Waals surface area contributed by atoms with Crippen molar-refractivity contribution in [2.75, 3.05) is 18.4 Å². The number of carbonyl (C=O) groups excluding carboxylic acids is 1. The summed E-state index contributed by atoms with van der Waals surface area (Å²) in [6.07, 6.45) is 0. The van der Waals surface area contributed by atoms with E-state index in [1.165, 1.54) is 0 Å². The molecule has 7 heteroatoms. The molecule has 0 aromatic carbocycles. The lowest BCUT2D eigenvalue weighted by molar-refractivity contribution is -0.119. The van der Waals surface area contributed by atoms with E-state index in [0.717, 1.165) is 0 Å². The fraction of sp³-hybridized carbons (Fsp3) is 0.455. The molecule has 1 rings (SSSR count). The number of halogens is 3. The van der Waals surface area contributed by atoms with Crippen LogP contribution in [0.4, 0.5) is 19.0 Å². The van der Waals surface area contributed by atoms with Crippen LogP contribution in [0.5, 0.6) is 0 Å². The Balaban J connectivity index is 2.53. The van der Waals surface area contributed by atoms with Crippen molar-refractivity contribution >= 4 is 11.7 Å². The molecule has 2 N–H and O–H groups in total. The van der Waals surface area contributed by atoms with Gasteiger partial charge in [0.05, 0.1) is 6.54 Å². The van der Waals surface area contributed by atoms with Gasteiger partial charge in [0.1, 0.15) is 0 Å². The van der Waals surface area contributed by atoms with Crippen LogP contribution in [0.1, 0.15) is 13.8 Å². The lowest BCUT2D eigenvalue weighted by atomic mass is 10.2. The second kappa shape index (κ2) is 6.23. The first-order valence-electron chi connectivity index (χ1n) is 5.42. The normalized spacial score (nSPS) is 10.6. The quantitative estimate of drug-likeness (QED) is 0.793. The number of anilines is 1. The molecule has 0 atom stereocenters. The van der Waals surface area contributed by atoms with Crippen LogP contribution in [-0.4, -0.2) is 24.0 Å². The van der Waals surface area contributed by atoms with E-state index in [1.807, 2.05) is 13.8 Å². The number of nitrogens with one attached hydrogen (secondary N) is 2. The predicted molar refractivity (Wildman–Crippen MR) is 60.4 cm³/mol. The van der Waals surface area contributed by atoms with E-state index < -0.39 is 23.4 Å². The summed E-state index contributed by atoms with van der Waals surface area (Å²) in [6, 6.07) is 0.372. The molecule has 100 valence electrons. The number of aromatic nitrogens is 1. The second-order valence-corrected chi connectivity index (χ2v) is 4.14. The van der Waals surface area contributed by atoms with Gasteiger partial charge in [-0.3, -0.25) is 4.79 Å². The van der Waals surface area contributed by atoms with E-state index in [9.17, 15) is 18.0 Å². The Morgan fingerprint density at radius 3 is 2.61 bits per heavy atom. The SMILES string of the molecule is CC(C)CNC(=O)CNc1nc(F)c(F)cc1F. The molecule has 0 bridgehead atoms. The zero-order valence-electron chi connectivity index (χ0n) is 10.1. The van der Waals surface area contributed by atoms with Gasteiger partial charge in [0.2, 0.25) is 5.91 Å². The number of hydrogen-bond donors (Lipinski definition) is 2. The molecular formula is C11H14F3N3O. The van der Waals surface area contributed by atoms with Gasteiger partial charge >= 0.3 is 0 Å². The highest BCUT2D eigenvalue weighted by atomic mass is 19.2. The lowest BCUT2D eigenvalue weighted by Gasteiger charge is -2.09. The number of amides is 1. The van der Waals surface area contributed by atoms with Crippen molar-refractivity contribution < 1.29 is 18.0 Å². The highest BCUT2D eigenvalue weighted by Gasteiger charge is 2.12. The van der Waals surface area contributed by atoms with Crippen molar-refractivity contribution in [3.8, 4) is 0 Å². The molecule has 1 aromatic heterocycles. The summed E-state index contributed by atoms with van der Waals surface area (Å²) >= 11 is 0. The van der Waals surface area contributed by atoms with Crippen LogP contribution in [0.3, 0.4) is 0 Å². The molecule has 1 amide bonds. The molecular weight excluding hydrogens is 247 g/mol. The maximum atomic E-state index is 13.1. The molecule has 0 saturated heterocycles. The number of carbonyl (C=O) groups is 1. The van der Waals surface area contributed by atoms with Gasteiger partial charge in [-0.25, -0.2) is 8.78 Å². The molecule has 1 aromatic rings. The molecule has 0 aliphatic carbocycles. The Labute approximate surface area is 103 Å². The van der Waals surface area contributed by atoms with Crippen LogP contribution in [-0.2, 0) is 4.79 Å². The summed E-state index contributed by atoms with van der Waals surface area (Å²) in [5.74, 6) is -4.43. The molecule has 0 spiro atoms. The third kappa shape index (κ3) is 4.23. The van der Waals surface area contributed by atoms with Crippen LogP contribution >= 0.6 is 0 Å². The maximum absolute atomic E-state index is 13.1. The third-order valence-corrected chi connectivity index (χ3v) is 2.01. The largest absolute Gasteiger partial charge is 0.358 e. The van der Waals surface area contributed by atoms with Gasteiger partial charge in [-0.05, 0) is 5.92 Å². The fourth-order valence-corrected chi connectivity index (χ4v) is 1.11. The minimum Gasteiger partial charge on any atom is -0.358 e. The van der Waals surface area contributed by atoms with Crippen LogP contribution < -0.4 is 10.6 Å². The van der Waals surface area contributed by atoms with Crippen LogP contribution in [0.25, 0.3) is 0 Å². The number of rotatable bonds is 5. The van der Waals surface area contributed by atoms with Crippen LogP contribution in [0.15, 0.2) is 6.07 Å². The molecule has 4 nitrogen and oxygen atoms in total. The fourth-order valence-electron chi connectivity index (χ4n) is 1.11. The van der Waals surface area contributed by atoms with E-state index in [4.69, 9.17) is 0 Å². The van der Waals surface area contributed by atoms with E-state index in [2.05, 4.69) is 15.6 Å². The Kier molecular flexibility index (Phi) is 4.94. The maximum Gasteiger partial charge on any atom is 0.251 e. The second-order valence-electron chi connectivity index (χ2n) is 4.14. The first kappa shape index (κ1) is 14.3. The first-order chi connectivity index (χ1) is 8.40. The van der Waals surface area contributed by atoms with E-state index >= 15 is 0 Å². The number of hydrogen-bond acceptors (Lipinski definition) is 3. The molecule has 0 saturated carbocycles. The van der Waals surface area contributed by atoms with Gasteiger partial charge < -0.3 is 10.6 Å². The van der Waals surface area contributed by atoms with Gasteiger partial charge in [0.15, 0.2) is 17.5 Å². The van der Waals surface area contributed by atoms with Gasteiger partial charge in [0, 0.05) is 12.6 Å². The smallest absolute Gasteiger partial charge is 0.251 e. The molecule has 0 radical (unpaired) electrons. The molecule has 0 aliphatic rings. The molecule has 18 heavy (non-hydrogen) atoms. The van der Waals surface area contributed by atoms with Gasteiger partial charge in [-0.2, -0.15) is 9.37 Å². The standard InChI is InChI=1S/C11H14F3N3O/c1-6(2)4-15-9(18)5-16-11-8(13)3-7(12)10(14)17-11/h3,6H,4-5H2,1-2H3,(H,15,18)(H,16,17). The van der Waals surface area contributed by atoms with Gasteiger partial charge in [-0.15, -0.1) is 0 Å². The summed E-state index contributed by atoms with van der Waals surface area (Å²) in [4.78, 5) is 14.3. The molecule has 0 fully saturated rings. The molecule has 0 unspecified atom stereocenters. The summed E-state index contributed by atoms with van der Waals surface area (Å²) in [5.41, 5.74) is 0. The monoisotopic (exact) mass is 261 g/mol. The Bertz CT molecular complexity index is 438. The first-order valence-corrected chi connectivity index (χ1v) is 5.42. The Hall–Kier alpha value is -1.79. The van der Waals surface area contributed by atoms with Crippen molar-refractivity contribution in [2.24, 2.45) is 5.92 Å². The van der Waals surface area contributed by atoms with Crippen molar-refractivity contribution in [2.45, 2.75) is 13.8 Å². The highest BCUT2D eigenvalue weighted by molar-refractivity contribution is 5.80. The average molecular weight is 261 g/mol. The van der Waals surface area contributed by atoms with Gasteiger partial charge in [0.25, 0.3) is 5.95 Å². The zero-order valence-corrected chi connectivity index (χ0v) is 10.1. The van der Waals surface area contributed by atoms with Crippen molar-refractivity contribution in [3.05, 3.63) is 23.6 Å². The van der Waals surface area contributed by atoms with E-state index in [-0.39, 0.29) is 18.4 Å². The van der Waals surface area contributed by atoms with E-state index in [0.29, 0.717) is 12.6 Å². The average Bonchev–Trinajstić information content (AvgIpc) is 2.29. The van der Waals surface area contributed by atoms with Crippen molar-refractivity contribution in [3.63, 3.8) is 0 Å². The minimum absolute atomic E-state index is 0.262. The van der Waals surface area contributed by atoms with Crippen molar-refractivity contribution in [1.82, 2.24) is 10.3 Å². The third-order valence-electron chi connectivity index (χ3n) is 2.01. The lowest BCUT2D eigenvalue weighted by Crippen LogP contribution is -2.32. The molecule has 1 heterocycles. The Morgan fingerprint density at radius 1 is 1.33 bits per heavy atom. The van der Waals surface area contributed by atoms with Crippen molar-refractivity contribution in [1.29, 1.82) is 0 Å². The number of nitrogens with zero attached hydrogens (tertiary/aromatic N) is 1. The summed E-state index contributed by atoms with van der Waals surface area (Å²) in [7, 11) is 0. The number of pyridine rings is 1. The van der Waals surface area contributed by atoms with Crippen LogP contribution in [0, 0.1) is 23.5 Å². The topological polar surface area (TPSA) is 54.0 Å². The summed E-state index contributed by atoms with van der Waals surface area (Å²) < 4.78 is 38.5. The summed E-state index contributed by atoms with van der Waals surface area (Å²) in [5, 5.41) is 4.88. The van der Waals surface area contributed by atoms with E-state index in [1.54, 1.807) is 0 Å². The van der Waals surface area contributed by atoms with Crippen LogP contribution in [0.2, 0.25) is 0 Å². The summed E-state index contributed by atoms with van der Waals surface area (Å²) in [6.45, 7) is 4.06. The predicted octanol–water partition coefficient (Wildman–Crippen LogP) is 1.68. The minimum atomic E-state index is -1.42. The van der Waals surface area contributed by atoms with Gasteiger partial charge in [-0.1, -0.05) is 13.8 Å².